The highest BCUT2D eigenvalue weighted by Gasteiger charge is 2.36. The van der Waals surface area contributed by atoms with Crippen molar-refractivity contribution < 1.29 is 4.74 Å². The lowest BCUT2D eigenvalue weighted by Gasteiger charge is -2.29. The zero-order valence-electron chi connectivity index (χ0n) is 31.9. The summed E-state index contributed by atoms with van der Waals surface area (Å²) in [6, 6.07) is 72.6. The molecule has 0 fully saturated rings. The highest BCUT2D eigenvalue weighted by atomic mass is 16.5. The minimum Gasteiger partial charge on any atom is -0.455 e. The molecular weight excluding hydrogens is 691 g/mol. The fraction of sp³-hybridized carbons (Fsp3) is 0.0545. The molecule has 0 spiro atoms. The molecular formula is C55H39NO. The van der Waals surface area contributed by atoms with Crippen LogP contribution in [0, 0.1) is 0 Å². The van der Waals surface area contributed by atoms with Crippen molar-refractivity contribution in [3.8, 4) is 67.1 Å². The maximum Gasteiger partial charge on any atom is 0.143 e. The summed E-state index contributed by atoms with van der Waals surface area (Å²) in [6.07, 6.45) is 0. The van der Waals surface area contributed by atoms with E-state index in [1.165, 1.54) is 38.9 Å². The molecule has 2 nitrogen and oxygen atoms in total. The first-order valence-electron chi connectivity index (χ1n) is 19.8. The van der Waals surface area contributed by atoms with Crippen molar-refractivity contribution in [3.63, 3.8) is 0 Å². The molecule has 1 aliphatic heterocycles. The molecule has 0 bridgehead atoms. The highest BCUT2D eigenvalue weighted by Crippen LogP contribution is 2.53. The van der Waals surface area contributed by atoms with Gasteiger partial charge in [-0.2, -0.15) is 0 Å². The molecule has 11 rings (SSSR count). The molecule has 0 saturated heterocycles. The lowest BCUT2D eigenvalue weighted by atomic mass is 9.82. The van der Waals surface area contributed by atoms with Crippen molar-refractivity contribution >= 4 is 27.8 Å². The second-order valence-electron chi connectivity index (χ2n) is 15.7. The molecule has 57 heavy (non-hydrogen) atoms. The van der Waals surface area contributed by atoms with Crippen molar-refractivity contribution in [3.05, 3.63) is 211 Å². The quantitative estimate of drug-likeness (QED) is 0.175. The molecule has 9 aromatic rings. The minimum atomic E-state index is -0.153. The summed E-state index contributed by atoms with van der Waals surface area (Å²) in [4.78, 5) is 2.42. The van der Waals surface area contributed by atoms with Gasteiger partial charge in [0, 0.05) is 45.1 Å². The van der Waals surface area contributed by atoms with E-state index in [1.54, 1.807) is 0 Å². The van der Waals surface area contributed by atoms with Gasteiger partial charge in [-0.05, 0) is 110 Å². The van der Waals surface area contributed by atoms with Crippen LogP contribution in [0.3, 0.4) is 0 Å². The number of anilines is 3. The van der Waals surface area contributed by atoms with Crippen LogP contribution in [0.2, 0.25) is 0 Å². The first kappa shape index (κ1) is 33.2. The first-order chi connectivity index (χ1) is 28.0. The van der Waals surface area contributed by atoms with Crippen molar-refractivity contribution in [2.75, 3.05) is 4.90 Å². The maximum atomic E-state index is 7.17. The van der Waals surface area contributed by atoms with Gasteiger partial charge in [-0.15, -0.1) is 0 Å². The summed E-state index contributed by atoms with van der Waals surface area (Å²) in [7, 11) is 0. The third-order valence-corrected chi connectivity index (χ3v) is 12.0. The summed E-state index contributed by atoms with van der Waals surface area (Å²) in [5, 5.41) is 2.26. The van der Waals surface area contributed by atoms with E-state index >= 15 is 0 Å². The minimum absolute atomic E-state index is 0.153. The topological polar surface area (TPSA) is 12.5 Å². The van der Waals surface area contributed by atoms with Crippen LogP contribution in [-0.4, -0.2) is 0 Å². The largest absolute Gasteiger partial charge is 0.455 e. The van der Waals surface area contributed by atoms with Crippen LogP contribution >= 0.6 is 0 Å². The van der Waals surface area contributed by atoms with Gasteiger partial charge >= 0.3 is 0 Å². The Balaban J connectivity index is 1.16. The predicted octanol–water partition coefficient (Wildman–Crippen LogP) is 15.4. The fourth-order valence-corrected chi connectivity index (χ4v) is 9.20. The Morgan fingerprint density at radius 3 is 1.63 bits per heavy atom. The van der Waals surface area contributed by atoms with Gasteiger partial charge < -0.3 is 9.64 Å². The number of hydrogen-bond acceptors (Lipinski definition) is 2. The summed E-state index contributed by atoms with van der Waals surface area (Å²) in [5.41, 5.74) is 17.5. The van der Waals surface area contributed by atoms with Gasteiger partial charge in [-0.1, -0.05) is 159 Å². The van der Waals surface area contributed by atoms with Gasteiger partial charge in [0.2, 0.25) is 0 Å². The number of nitrogens with zero attached hydrogens (tertiary/aromatic N) is 1. The van der Waals surface area contributed by atoms with E-state index in [0.717, 1.165) is 67.2 Å². The molecule has 9 aromatic carbocycles. The summed E-state index contributed by atoms with van der Waals surface area (Å²) in [5.74, 6) is 1.72. The third kappa shape index (κ3) is 5.40. The number of fused-ring (bicyclic) bond motifs is 10. The third-order valence-electron chi connectivity index (χ3n) is 12.0. The molecule has 1 aliphatic carbocycles. The van der Waals surface area contributed by atoms with E-state index in [4.69, 9.17) is 4.74 Å². The van der Waals surface area contributed by atoms with E-state index < -0.39 is 0 Å². The van der Waals surface area contributed by atoms with Crippen LogP contribution in [-0.2, 0) is 5.41 Å². The van der Waals surface area contributed by atoms with Gasteiger partial charge in [0.25, 0.3) is 0 Å². The van der Waals surface area contributed by atoms with Crippen molar-refractivity contribution in [1.82, 2.24) is 0 Å². The van der Waals surface area contributed by atoms with Crippen LogP contribution in [0.25, 0.3) is 66.4 Å². The van der Waals surface area contributed by atoms with E-state index in [9.17, 15) is 0 Å². The molecule has 2 heteroatoms. The zero-order valence-corrected chi connectivity index (χ0v) is 31.9. The van der Waals surface area contributed by atoms with Gasteiger partial charge in [0.05, 0.1) is 0 Å². The predicted molar refractivity (Wildman–Crippen MR) is 238 cm³/mol. The maximum absolute atomic E-state index is 7.17. The van der Waals surface area contributed by atoms with Crippen molar-refractivity contribution in [2.24, 2.45) is 0 Å². The normalized spacial score (nSPS) is 13.0. The SMILES string of the molecule is CC1(C)c2ccccc2-c2ccc(N(c3cc(-c4ccccc4)cc(-c4ccccc4)c3)c3ccc4c(c3)Oc3c(ccc5ccccc35)-c3ccccc3-4)cc21. The molecule has 2 aliphatic rings. The summed E-state index contributed by atoms with van der Waals surface area (Å²) >= 11 is 0. The summed E-state index contributed by atoms with van der Waals surface area (Å²) in [6.45, 7) is 4.70. The van der Waals surface area contributed by atoms with Crippen LogP contribution in [0.1, 0.15) is 25.0 Å². The Kier molecular flexibility index (Phi) is 7.55. The van der Waals surface area contributed by atoms with Crippen molar-refractivity contribution in [1.29, 1.82) is 0 Å². The van der Waals surface area contributed by atoms with Crippen LogP contribution in [0.4, 0.5) is 17.1 Å². The molecule has 0 unspecified atom stereocenters. The van der Waals surface area contributed by atoms with Crippen molar-refractivity contribution in [2.45, 2.75) is 19.3 Å². The fourth-order valence-electron chi connectivity index (χ4n) is 9.20. The lowest BCUT2D eigenvalue weighted by Crippen LogP contribution is -2.16. The molecule has 0 aromatic heterocycles. The summed E-state index contributed by atoms with van der Waals surface area (Å²) < 4.78 is 7.17. The Bertz CT molecular complexity index is 2960. The van der Waals surface area contributed by atoms with Crippen LogP contribution in [0.5, 0.6) is 11.5 Å². The van der Waals surface area contributed by atoms with E-state index in [1.807, 2.05) is 0 Å². The molecule has 0 amide bonds. The first-order valence-corrected chi connectivity index (χ1v) is 19.8. The number of rotatable bonds is 5. The smallest absolute Gasteiger partial charge is 0.143 e. The highest BCUT2D eigenvalue weighted by molar-refractivity contribution is 6.01. The Morgan fingerprint density at radius 1 is 0.368 bits per heavy atom. The van der Waals surface area contributed by atoms with Gasteiger partial charge in [0.15, 0.2) is 0 Å². The molecule has 0 saturated carbocycles. The van der Waals surface area contributed by atoms with E-state index in [-0.39, 0.29) is 5.41 Å². The second-order valence-corrected chi connectivity index (χ2v) is 15.7. The Hall–Kier alpha value is -7.16. The molecule has 0 radical (unpaired) electrons. The molecule has 270 valence electrons. The molecule has 1 heterocycles. The van der Waals surface area contributed by atoms with Crippen LogP contribution in [0.15, 0.2) is 200 Å². The molecule has 0 N–H and O–H groups in total. The Labute approximate surface area is 333 Å². The number of benzene rings is 9. The zero-order chi connectivity index (χ0) is 38.1. The monoisotopic (exact) mass is 729 g/mol. The average molecular weight is 730 g/mol. The van der Waals surface area contributed by atoms with E-state index in [0.29, 0.717) is 0 Å². The average Bonchev–Trinajstić information content (AvgIpc) is 3.39. The van der Waals surface area contributed by atoms with Crippen LogP contribution < -0.4 is 9.64 Å². The standard InChI is InChI=1S/C55H39NO/c1-55(2)51-24-14-13-23-47(51)48-29-26-41(34-52(48)55)56(43-32-39(36-15-5-3-6-16-36)31-40(33-43)37-17-7-4-8-18-37)42-27-30-49-45-21-11-12-22-46(45)50-28-25-38-19-9-10-20-44(38)54(50)57-53(49)35-42/h3-35H,1-2H3. The number of ether oxygens (including phenoxy) is 1. The lowest BCUT2D eigenvalue weighted by molar-refractivity contribution is 0.493. The number of hydrogen-bond donors (Lipinski definition) is 0. The van der Waals surface area contributed by atoms with Gasteiger partial charge in [0.1, 0.15) is 11.5 Å². The Morgan fingerprint density at radius 2 is 0.912 bits per heavy atom. The van der Waals surface area contributed by atoms with Gasteiger partial charge in [-0.25, -0.2) is 0 Å². The second kappa shape index (κ2) is 13.0. The molecule has 0 atom stereocenters. The van der Waals surface area contributed by atoms with E-state index in [2.05, 4.69) is 219 Å². The van der Waals surface area contributed by atoms with Gasteiger partial charge in [-0.3, -0.25) is 0 Å².